The van der Waals surface area contributed by atoms with Crippen LogP contribution in [0.1, 0.15) is 16.1 Å². The van der Waals surface area contributed by atoms with Gasteiger partial charge in [-0.2, -0.15) is 0 Å². The Bertz CT molecular complexity index is 1450. The van der Waals surface area contributed by atoms with E-state index in [0.717, 1.165) is 39.2 Å². The number of ether oxygens (including phenoxy) is 2. The van der Waals surface area contributed by atoms with Crippen molar-refractivity contribution >= 4 is 28.2 Å². The van der Waals surface area contributed by atoms with Gasteiger partial charge in [0.1, 0.15) is 18.7 Å². The first kappa shape index (κ1) is 21.2. The van der Waals surface area contributed by atoms with Crippen molar-refractivity contribution in [2.24, 2.45) is 0 Å². The minimum atomic E-state index is -0.549. The van der Waals surface area contributed by atoms with Crippen LogP contribution in [0, 0.1) is 0 Å². The quantitative estimate of drug-likeness (QED) is 0.304. The summed E-state index contributed by atoms with van der Waals surface area (Å²) in [4.78, 5) is 20.8. The maximum atomic E-state index is 12.3. The van der Waals surface area contributed by atoms with Crippen molar-refractivity contribution in [3.63, 3.8) is 0 Å². The first-order valence-electron chi connectivity index (χ1n) is 10.7. The minimum absolute atomic E-state index is 0.127. The SMILES string of the molecule is COC(=O)c1occc1-c1ccc2ncncc2c1Nc1cccc(OCc2ccccc2)c1. The number of benzene rings is 3. The highest BCUT2D eigenvalue weighted by Crippen LogP contribution is 2.38. The van der Waals surface area contributed by atoms with Crippen LogP contribution in [0.3, 0.4) is 0 Å². The molecule has 0 unspecified atom stereocenters. The van der Waals surface area contributed by atoms with Gasteiger partial charge in [-0.1, -0.05) is 36.4 Å². The largest absolute Gasteiger partial charge is 0.489 e. The molecule has 34 heavy (non-hydrogen) atoms. The molecule has 5 aromatic rings. The van der Waals surface area contributed by atoms with Gasteiger partial charge in [0.25, 0.3) is 0 Å². The van der Waals surface area contributed by atoms with E-state index in [-0.39, 0.29) is 5.76 Å². The molecule has 0 aliphatic carbocycles. The third-order valence-corrected chi connectivity index (χ3v) is 5.37. The number of anilines is 2. The molecule has 0 amide bonds. The third kappa shape index (κ3) is 4.31. The number of rotatable bonds is 7. The fourth-order valence-electron chi connectivity index (χ4n) is 3.74. The number of nitrogens with one attached hydrogen (secondary N) is 1. The van der Waals surface area contributed by atoms with E-state index >= 15 is 0 Å². The lowest BCUT2D eigenvalue weighted by Crippen LogP contribution is -2.03. The Morgan fingerprint density at radius 2 is 1.88 bits per heavy atom. The number of aromatic nitrogens is 2. The molecule has 2 heterocycles. The Kier molecular flexibility index (Phi) is 5.90. The fourth-order valence-corrected chi connectivity index (χ4v) is 3.74. The molecule has 0 spiro atoms. The number of carbonyl (C=O) groups is 1. The highest BCUT2D eigenvalue weighted by Gasteiger charge is 2.21. The van der Waals surface area contributed by atoms with E-state index in [9.17, 15) is 4.79 Å². The van der Waals surface area contributed by atoms with Gasteiger partial charge in [0.15, 0.2) is 0 Å². The second kappa shape index (κ2) is 9.46. The number of nitrogens with zero attached hydrogens (tertiary/aromatic N) is 2. The molecule has 7 nitrogen and oxygen atoms in total. The van der Waals surface area contributed by atoms with Crippen LogP contribution in [0.2, 0.25) is 0 Å². The van der Waals surface area contributed by atoms with Crippen molar-refractivity contribution in [2.45, 2.75) is 6.61 Å². The second-order valence-electron chi connectivity index (χ2n) is 7.53. The van der Waals surface area contributed by atoms with Crippen molar-refractivity contribution in [3.8, 4) is 16.9 Å². The van der Waals surface area contributed by atoms with Gasteiger partial charge in [0, 0.05) is 34.5 Å². The number of furan rings is 1. The summed E-state index contributed by atoms with van der Waals surface area (Å²) in [7, 11) is 1.32. The number of fused-ring (bicyclic) bond motifs is 1. The predicted molar refractivity (Wildman–Crippen MR) is 129 cm³/mol. The normalized spacial score (nSPS) is 10.7. The van der Waals surface area contributed by atoms with Crippen LogP contribution in [-0.2, 0) is 11.3 Å². The monoisotopic (exact) mass is 451 g/mol. The number of hydrogen-bond acceptors (Lipinski definition) is 7. The zero-order valence-electron chi connectivity index (χ0n) is 18.4. The molecule has 168 valence electrons. The van der Waals surface area contributed by atoms with Gasteiger partial charge < -0.3 is 19.2 Å². The van der Waals surface area contributed by atoms with E-state index in [2.05, 4.69) is 15.3 Å². The minimum Gasteiger partial charge on any atom is -0.489 e. The molecule has 0 aliphatic heterocycles. The summed E-state index contributed by atoms with van der Waals surface area (Å²) in [5.41, 5.74) is 4.77. The van der Waals surface area contributed by atoms with Crippen LogP contribution in [-0.4, -0.2) is 23.0 Å². The Balaban J connectivity index is 1.52. The molecule has 0 saturated carbocycles. The summed E-state index contributed by atoms with van der Waals surface area (Å²) in [6.45, 7) is 0.467. The van der Waals surface area contributed by atoms with Gasteiger partial charge >= 0.3 is 5.97 Å². The van der Waals surface area contributed by atoms with Crippen molar-refractivity contribution in [2.75, 3.05) is 12.4 Å². The highest BCUT2D eigenvalue weighted by molar-refractivity contribution is 6.04. The average molecular weight is 451 g/mol. The van der Waals surface area contributed by atoms with Gasteiger partial charge in [-0.15, -0.1) is 0 Å². The number of methoxy groups -OCH3 is 1. The van der Waals surface area contributed by atoms with E-state index < -0.39 is 5.97 Å². The van der Waals surface area contributed by atoms with Gasteiger partial charge in [0.05, 0.1) is 24.6 Å². The van der Waals surface area contributed by atoms with Crippen LogP contribution >= 0.6 is 0 Å². The average Bonchev–Trinajstić information content (AvgIpc) is 3.38. The van der Waals surface area contributed by atoms with Gasteiger partial charge in [-0.3, -0.25) is 0 Å². The predicted octanol–water partition coefficient (Wildman–Crippen LogP) is 6.00. The zero-order valence-corrected chi connectivity index (χ0v) is 18.4. The Morgan fingerprint density at radius 3 is 2.74 bits per heavy atom. The molecule has 2 aromatic heterocycles. The first-order valence-corrected chi connectivity index (χ1v) is 10.7. The van der Waals surface area contributed by atoms with Gasteiger partial charge in [-0.25, -0.2) is 14.8 Å². The molecular formula is C27H21N3O4. The summed E-state index contributed by atoms with van der Waals surface area (Å²) in [6, 6.07) is 23.2. The van der Waals surface area contributed by atoms with E-state index in [1.54, 1.807) is 12.3 Å². The third-order valence-electron chi connectivity index (χ3n) is 5.37. The smallest absolute Gasteiger partial charge is 0.374 e. The van der Waals surface area contributed by atoms with E-state index in [4.69, 9.17) is 13.9 Å². The molecule has 1 N–H and O–H groups in total. The van der Waals surface area contributed by atoms with Crippen LogP contribution in [0.4, 0.5) is 11.4 Å². The maximum absolute atomic E-state index is 12.3. The molecule has 0 fully saturated rings. The molecule has 0 bridgehead atoms. The van der Waals surface area contributed by atoms with Crippen LogP contribution in [0.25, 0.3) is 22.0 Å². The van der Waals surface area contributed by atoms with Crippen LogP contribution < -0.4 is 10.1 Å². The van der Waals surface area contributed by atoms with E-state index in [1.165, 1.54) is 19.7 Å². The Morgan fingerprint density at radius 1 is 1.00 bits per heavy atom. The standard InChI is InChI=1S/C27H21N3O4/c1-32-27(31)26-22(12-13-33-26)21-10-11-24-23(15-28-17-29-24)25(21)30-19-8-5-9-20(14-19)34-16-18-6-3-2-4-7-18/h2-15,17,30H,16H2,1H3. The van der Waals surface area contributed by atoms with Crippen molar-refractivity contribution in [1.29, 1.82) is 0 Å². The first-order chi connectivity index (χ1) is 16.7. The second-order valence-corrected chi connectivity index (χ2v) is 7.53. The zero-order chi connectivity index (χ0) is 23.3. The van der Waals surface area contributed by atoms with Crippen molar-refractivity contribution in [3.05, 3.63) is 103 Å². The van der Waals surface area contributed by atoms with Crippen molar-refractivity contribution in [1.82, 2.24) is 9.97 Å². The molecule has 5 rings (SSSR count). The lowest BCUT2D eigenvalue weighted by Gasteiger charge is -2.15. The van der Waals surface area contributed by atoms with Crippen LogP contribution in [0.5, 0.6) is 5.75 Å². The molecule has 7 heteroatoms. The number of carbonyl (C=O) groups excluding carboxylic acids is 1. The number of hydrogen-bond donors (Lipinski definition) is 1. The lowest BCUT2D eigenvalue weighted by atomic mass is 10.0. The summed E-state index contributed by atoms with van der Waals surface area (Å²) in [5, 5.41) is 4.27. The Hall–Kier alpha value is -4.65. The van der Waals surface area contributed by atoms with Gasteiger partial charge in [-0.05, 0) is 35.9 Å². The number of esters is 1. The van der Waals surface area contributed by atoms with Crippen LogP contribution in [0.15, 0.2) is 96.0 Å². The fraction of sp³-hybridized carbons (Fsp3) is 0.0741. The Labute approximate surface area is 196 Å². The summed E-state index contributed by atoms with van der Waals surface area (Å²) in [5.74, 6) is 0.304. The van der Waals surface area contributed by atoms with E-state index in [1.807, 2.05) is 66.7 Å². The molecule has 0 atom stereocenters. The summed E-state index contributed by atoms with van der Waals surface area (Å²) < 4.78 is 16.3. The molecular weight excluding hydrogens is 430 g/mol. The topological polar surface area (TPSA) is 86.5 Å². The summed E-state index contributed by atoms with van der Waals surface area (Å²) in [6.07, 6.45) is 4.71. The molecule has 3 aromatic carbocycles. The molecule has 0 radical (unpaired) electrons. The van der Waals surface area contributed by atoms with Crippen molar-refractivity contribution < 1.29 is 18.7 Å². The summed E-state index contributed by atoms with van der Waals surface area (Å²) >= 11 is 0. The van der Waals surface area contributed by atoms with E-state index in [0.29, 0.717) is 12.2 Å². The maximum Gasteiger partial charge on any atom is 0.374 e. The lowest BCUT2D eigenvalue weighted by molar-refractivity contribution is 0.0566. The highest BCUT2D eigenvalue weighted by atomic mass is 16.5. The van der Waals surface area contributed by atoms with Gasteiger partial charge in [0.2, 0.25) is 5.76 Å². The molecule has 0 saturated heterocycles. The molecule has 0 aliphatic rings.